The Morgan fingerprint density at radius 3 is 2.88 bits per heavy atom. The molecule has 1 fully saturated rings. The molecule has 0 amide bonds. The van der Waals surface area contributed by atoms with Crippen molar-refractivity contribution in [3.05, 3.63) is 22.4 Å². The molecule has 2 nitrogen and oxygen atoms in total. The Labute approximate surface area is 102 Å². The minimum Gasteiger partial charge on any atom is -0.395 e. The third kappa shape index (κ3) is 3.30. The van der Waals surface area contributed by atoms with Crippen LogP contribution in [-0.4, -0.2) is 29.2 Å². The molecule has 1 atom stereocenters. The molecule has 16 heavy (non-hydrogen) atoms. The summed E-state index contributed by atoms with van der Waals surface area (Å²) in [6.07, 6.45) is 3.79. The van der Waals surface area contributed by atoms with Crippen LogP contribution in [0, 0.1) is 5.92 Å². The summed E-state index contributed by atoms with van der Waals surface area (Å²) in [6.45, 7) is 4.61. The van der Waals surface area contributed by atoms with E-state index in [2.05, 4.69) is 28.7 Å². The Bertz CT molecular complexity index is 291. The molecule has 0 saturated heterocycles. The Morgan fingerprint density at radius 2 is 2.38 bits per heavy atom. The predicted molar refractivity (Wildman–Crippen MR) is 68.6 cm³/mol. The molecule has 1 aliphatic carbocycles. The molecule has 90 valence electrons. The maximum Gasteiger partial charge on any atom is 0.0586 e. The van der Waals surface area contributed by atoms with Gasteiger partial charge in [0.05, 0.1) is 6.61 Å². The molecular formula is C13H21NOS. The van der Waals surface area contributed by atoms with E-state index in [0.29, 0.717) is 6.04 Å². The van der Waals surface area contributed by atoms with Gasteiger partial charge in [-0.2, -0.15) is 11.3 Å². The molecule has 1 aliphatic rings. The van der Waals surface area contributed by atoms with Crippen LogP contribution in [0.5, 0.6) is 0 Å². The third-order valence-electron chi connectivity index (χ3n) is 3.35. The first-order valence-electron chi connectivity index (χ1n) is 6.19. The van der Waals surface area contributed by atoms with Crippen LogP contribution in [0.2, 0.25) is 0 Å². The second-order valence-corrected chi connectivity index (χ2v) is 5.53. The minimum absolute atomic E-state index is 0.285. The first kappa shape index (κ1) is 12.1. The van der Waals surface area contributed by atoms with Crippen molar-refractivity contribution in [3.63, 3.8) is 0 Å². The highest BCUT2D eigenvalue weighted by molar-refractivity contribution is 7.07. The quantitative estimate of drug-likeness (QED) is 0.791. The van der Waals surface area contributed by atoms with Gasteiger partial charge in [-0.1, -0.05) is 6.92 Å². The Hall–Kier alpha value is -0.380. The number of aliphatic hydroxyl groups excluding tert-OH is 1. The molecule has 1 unspecified atom stereocenters. The van der Waals surface area contributed by atoms with Gasteiger partial charge in [-0.15, -0.1) is 0 Å². The molecule has 1 heterocycles. The molecule has 3 heteroatoms. The fraction of sp³-hybridized carbons (Fsp3) is 0.692. The van der Waals surface area contributed by atoms with E-state index < -0.39 is 0 Å². The minimum atomic E-state index is 0.285. The molecule has 2 rings (SSSR count). The maximum atomic E-state index is 9.42. The topological polar surface area (TPSA) is 23.5 Å². The van der Waals surface area contributed by atoms with Gasteiger partial charge in [-0.25, -0.2) is 0 Å². The van der Waals surface area contributed by atoms with Crippen LogP contribution in [0.15, 0.2) is 16.8 Å². The molecule has 0 radical (unpaired) electrons. The molecule has 0 spiro atoms. The first-order chi connectivity index (χ1) is 7.83. The van der Waals surface area contributed by atoms with Crippen LogP contribution < -0.4 is 0 Å². The van der Waals surface area contributed by atoms with E-state index in [4.69, 9.17) is 0 Å². The Kier molecular flexibility index (Phi) is 4.38. The lowest BCUT2D eigenvalue weighted by molar-refractivity contribution is 0.109. The van der Waals surface area contributed by atoms with E-state index in [1.54, 1.807) is 11.3 Å². The van der Waals surface area contributed by atoms with Crippen molar-refractivity contribution in [3.8, 4) is 0 Å². The molecule has 0 aromatic carbocycles. The molecular weight excluding hydrogens is 218 g/mol. The average molecular weight is 239 g/mol. The summed E-state index contributed by atoms with van der Waals surface area (Å²) >= 11 is 1.75. The van der Waals surface area contributed by atoms with Crippen LogP contribution in [0.25, 0.3) is 0 Å². The van der Waals surface area contributed by atoms with Gasteiger partial charge in [-0.05, 0) is 47.6 Å². The van der Waals surface area contributed by atoms with Crippen molar-refractivity contribution in [1.82, 2.24) is 4.90 Å². The van der Waals surface area contributed by atoms with Crippen molar-refractivity contribution in [2.24, 2.45) is 5.92 Å². The lowest BCUT2D eigenvalue weighted by Gasteiger charge is -2.29. The van der Waals surface area contributed by atoms with Gasteiger partial charge >= 0.3 is 0 Å². The number of hydrogen-bond acceptors (Lipinski definition) is 3. The second-order valence-electron chi connectivity index (χ2n) is 4.75. The summed E-state index contributed by atoms with van der Waals surface area (Å²) in [6, 6.07) is 2.52. The third-order valence-corrected chi connectivity index (χ3v) is 4.09. The Balaban J connectivity index is 1.95. The molecule has 1 saturated carbocycles. The van der Waals surface area contributed by atoms with Gasteiger partial charge in [0.2, 0.25) is 0 Å². The van der Waals surface area contributed by atoms with E-state index in [0.717, 1.165) is 25.4 Å². The largest absolute Gasteiger partial charge is 0.395 e. The van der Waals surface area contributed by atoms with E-state index in [1.165, 1.54) is 18.4 Å². The highest BCUT2D eigenvalue weighted by Gasteiger charge is 2.27. The number of thiophene rings is 1. The highest BCUT2D eigenvalue weighted by Crippen LogP contribution is 2.31. The molecule has 1 N–H and O–H groups in total. The van der Waals surface area contributed by atoms with Crippen LogP contribution in [0.1, 0.15) is 31.7 Å². The smallest absolute Gasteiger partial charge is 0.0586 e. The fourth-order valence-corrected chi connectivity index (χ4v) is 2.75. The molecule has 1 aromatic heterocycles. The number of aliphatic hydroxyl groups is 1. The summed E-state index contributed by atoms with van der Waals surface area (Å²) in [5, 5.41) is 13.8. The predicted octanol–water partition coefficient (Wildman–Crippen LogP) is 2.73. The van der Waals surface area contributed by atoms with Gasteiger partial charge in [0.25, 0.3) is 0 Å². The van der Waals surface area contributed by atoms with E-state index in [-0.39, 0.29) is 6.61 Å². The summed E-state index contributed by atoms with van der Waals surface area (Å²) in [4.78, 5) is 2.46. The van der Waals surface area contributed by atoms with Gasteiger partial charge in [0, 0.05) is 19.1 Å². The first-order valence-corrected chi connectivity index (χ1v) is 7.13. The zero-order chi connectivity index (χ0) is 11.4. The van der Waals surface area contributed by atoms with Crippen molar-refractivity contribution in [2.75, 3.05) is 13.2 Å². The van der Waals surface area contributed by atoms with E-state index in [1.807, 2.05) is 0 Å². The lowest BCUT2D eigenvalue weighted by Crippen LogP contribution is -2.38. The van der Waals surface area contributed by atoms with Crippen molar-refractivity contribution < 1.29 is 5.11 Å². The Morgan fingerprint density at radius 1 is 1.56 bits per heavy atom. The summed E-state index contributed by atoms with van der Waals surface area (Å²) in [7, 11) is 0. The zero-order valence-corrected chi connectivity index (χ0v) is 10.7. The monoisotopic (exact) mass is 239 g/mol. The highest BCUT2D eigenvalue weighted by atomic mass is 32.1. The van der Waals surface area contributed by atoms with Crippen molar-refractivity contribution >= 4 is 11.3 Å². The van der Waals surface area contributed by atoms with Gasteiger partial charge in [-0.3, -0.25) is 4.90 Å². The normalized spacial score (nSPS) is 17.9. The van der Waals surface area contributed by atoms with Gasteiger partial charge < -0.3 is 5.11 Å². The summed E-state index contributed by atoms with van der Waals surface area (Å²) in [5.74, 6) is 0.888. The molecule has 0 bridgehead atoms. The van der Waals surface area contributed by atoms with Crippen molar-refractivity contribution in [2.45, 2.75) is 38.8 Å². The maximum absolute atomic E-state index is 9.42. The number of rotatable bonds is 7. The van der Waals surface area contributed by atoms with E-state index in [9.17, 15) is 5.11 Å². The zero-order valence-electron chi connectivity index (χ0n) is 9.93. The lowest BCUT2D eigenvalue weighted by atomic mass is 10.1. The molecule has 1 aromatic rings. The van der Waals surface area contributed by atoms with Gasteiger partial charge in [0.15, 0.2) is 0 Å². The number of hydrogen-bond donors (Lipinski definition) is 1. The van der Waals surface area contributed by atoms with Crippen molar-refractivity contribution in [1.29, 1.82) is 0 Å². The summed E-state index contributed by atoms with van der Waals surface area (Å²) in [5.41, 5.74) is 1.39. The van der Waals surface area contributed by atoms with Gasteiger partial charge in [0.1, 0.15) is 0 Å². The average Bonchev–Trinajstić information content (AvgIpc) is 2.95. The second kappa shape index (κ2) is 5.80. The summed E-state index contributed by atoms with van der Waals surface area (Å²) < 4.78 is 0. The van der Waals surface area contributed by atoms with E-state index >= 15 is 0 Å². The standard InChI is InChI=1S/C13H21NOS/c1-2-13(9-15)14(7-11-3-4-11)8-12-5-6-16-10-12/h5-6,10-11,13,15H,2-4,7-9H2,1H3. The molecule has 0 aliphatic heterocycles. The van der Waals surface area contributed by atoms with Crippen LogP contribution in [0.3, 0.4) is 0 Å². The van der Waals surface area contributed by atoms with Crippen LogP contribution in [-0.2, 0) is 6.54 Å². The van der Waals surface area contributed by atoms with Crippen LogP contribution >= 0.6 is 11.3 Å². The fourth-order valence-electron chi connectivity index (χ4n) is 2.09. The SMILES string of the molecule is CCC(CO)N(Cc1ccsc1)CC1CC1. The van der Waals surface area contributed by atoms with Crippen LogP contribution in [0.4, 0.5) is 0 Å². The number of nitrogens with zero attached hydrogens (tertiary/aromatic N) is 1.